The van der Waals surface area contributed by atoms with Crippen molar-refractivity contribution in [2.24, 2.45) is 5.73 Å². The molecule has 1 saturated carbocycles. The monoisotopic (exact) mass is 496 g/mol. The van der Waals surface area contributed by atoms with Gasteiger partial charge in [0.1, 0.15) is 17.6 Å². The SMILES string of the molecule is N[C@H]1CC(n2cnc3c(NCC(c4ccc(O)cc4)c4ccc(O)cc4)nc(Cl)nc32)[C@H](O)[C@@H]1O. The van der Waals surface area contributed by atoms with E-state index in [1.54, 1.807) is 28.8 Å². The van der Waals surface area contributed by atoms with Gasteiger partial charge in [0.2, 0.25) is 5.28 Å². The Bertz CT molecular complexity index is 1290. The van der Waals surface area contributed by atoms with Gasteiger partial charge >= 0.3 is 0 Å². The minimum atomic E-state index is -1.05. The summed E-state index contributed by atoms with van der Waals surface area (Å²) in [7, 11) is 0. The molecule has 10 nitrogen and oxygen atoms in total. The summed E-state index contributed by atoms with van der Waals surface area (Å²) in [6, 6.07) is 12.8. The summed E-state index contributed by atoms with van der Waals surface area (Å²) in [4.78, 5) is 13.1. The molecule has 182 valence electrons. The van der Waals surface area contributed by atoms with Gasteiger partial charge in [-0.3, -0.25) is 0 Å². The smallest absolute Gasteiger partial charge is 0.226 e. The summed E-state index contributed by atoms with van der Waals surface area (Å²) >= 11 is 6.24. The third-order valence-corrected chi connectivity index (χ3v) is 6.68. The fraction of sp³-hybridized carbons (Fsp3) is 0.292. The van der Waals surface area contributed by atoms with E-state index in [1.165, 1.54) is 6.33 Å². The van der Waals surface area contributed by atoms with Crippen LogP contribution in [0.4, 0.5) is 5.82 Å². The van der Waals surface area contributed by atoms with Crippen LogP contribution in [0.5, 0.6) is 11.5 Å². The van der Waals surface area contributed by atoms with Crippen LogP contribution in [0.1, 0.15) is 29.5 Å². The molecule has 0 amide bonds. The molecule has 0 spiro atoms. The average Bonchev–Trinajstić information content (AvgIpc) is 3.37. The Morgan fingerprint density at radius 1 is 0.971 bits per heavy atom. The average molecular weight is 497 g/mol. The number of anilines is 1. The summed E-state index contributed by atoms with van der Waals surface area (Å²) in [5.41, 5.74) is 8.71. The van der Waals surface area contributed by atoms with Gasteiger partial charge in [-0.1, -0.05) is 24.3 Å². The first kappa shape index (κ1) is 23.3. The molecule has 35 heavy (non-hydrogen) atoms. The van der Waals surface area contributed by atoms with Crippen LogP contribution in [0.2, 0.25) is 5.28 Å². The molecule has 5 rings (SSSR count). The Morgan fingerprint density at radius 3 is 2.11 bits per heavy atom. The largest absolute Gasteiger partial charge is 0.508 e. The zero-order valence-corrected chi connectivity index (χ0v) is 19.3. The lowest BCUT2D eigenvalue weighted by atomic mass is 9.91. The Hall–Kier alpha value is -3.44. The molecular formula is C24H25ClN6O4. The highest BCUT2D eigenvalue weighted by Gasteiger charge is 2.41. The van der Waals surface area contributed by atoms with E-state index in [9.17, 15) is 20.4 Å². The highest BCUT2D eigenvalue weighted by atomic mass is 35.5. The number of phenolic OH excluding ortho intramolecular Hbond substituents is 2. The lowest BCUT2D eigenvalue weighted by Crippen LogP contribution is -2.35. The lowest BCUT2D eigenvalue weighted by molar-refractivity contribution is 0.0187. The van der Waals surface area contributed by atoms with Gasteiger partial charge in [-0.2, -0.15) is 9.97 Å². The number of imidazole rings is 1. The molecule has 2 aromatic carbocycles. The number of aliphatic hydroxyl groups is 2. The topological polar surface area (TPSA) is 163 Å². The highest BCUT2D eigenvalue weighted by Crippen LogP contribution is 2.34. The molecule has 0 aliphatic heterocycles. The first-order chi connectivity index (χ1) is 16.8. The standard InChI is InChI=1S/C24H25ClN6O4/c25-24-29-22(19-23(30-24)31(11-28-19)18-9-17(26)20(34)21(18)35)27-10-16(12-1-5-14(32)6-2-12)13-3-7-15(33)8-4-13/h1-8,11,16-18,20-21,32-35H,9-10,26H2,(H,27,29,30)/t17-,18?,20+,21-/m0/s1. The van der Waals surface area contributed by atoms with E-state index in [1.807, 2.05) is 24.3 Å². The molecule has 11 heteroatoms. The molecule has 1 aliphatic carbocycles. The number of aromatic nitrogens is 4. The van der Waals surface area contributed by atoms with Crippen LogP contribution >= 0.6 is 11.6 Å². The maximum atomic E-state index is 10.5. The number of benzene rings is 2. The van der Waals surface area contributed by atoms with Crippen molar-refractivity contribution < 1.29 is 20.4 Å². The van der Waals surface area contributed by atoms with Crippen molar-refractivity contribution in [1.29, 1.82) is 0 Å². The molecule has 2 heterocycles. The Morgan fingerprint density at radius 2 is 1.57 bits per heavy atom. The van der Waals surface area contributed by atoms with Crippen molar-refractivity contribution in [2.75, 3.05) is 11.9 Å². The second kappa shape index (κ2) is 9.31. The molecule has 0 bridgehead atoms. The normalized spacial score (nSPS) is 22.2. The van der Waals surface area contributed by atoms with Crippen LogP contribution in [-0.2, 0) is 0 Å². The maximum Gasteiger partial charge on any atom is 0.226 e. The van der Waals surface area contributed by atoms with Crippen LogP contribution in [0.3, 0.4) is 0 Å². The summed E-state index contributed by atoms with van der Waals surface area (Å²) < 4.78 is 1.67. The number of rotatable bonds is 6. The zero-order valence-electron chi connectivity index (χ0n) is 18.5. The summed E-state index contributed by atoms with van der Waals surface area (Å²) in [5, 5.41) is 43.3. The van der Waals surface area contributed by atoms with E-state index in [2.05, 4.69) is 20.3 Å². The van der Waals surface area contributed by atoms with Crippen molar-refractivity contribution in [3.05, 3.63) is 71.3 Å². The quantitative estimate of drug-likeness (QED) is 0.219. The van der Waals surface area contributed by atoms with Gasteiger partial charge in [0.25, 0.3) is 0 Å². The second-order valence-corrected chi connectivity index (χ2v) is 9.07. The number of nitrogens with one attached hydrogen (secondary N) is 1. The maximum absolute atomic E-state index is 10.5. The molecule has 7 N–H and O–H groups in total. The van der Waals surface area contributed by atoms with Gasteiger partial charge in [0.15, 0.2) is 17.0 Å². The number of hydrogen-bond donors (Lipinski definition) is 6. The van der Waals surface area contributed by atoms with Crippen molar-refractivity contribution in [3.8, 4) is 11.5 Å². The molecule has 1 unspecified atom stereocenters. The minimum absolute atomic E-state index is 0.00454. The van der Waals surface area contributed by atoms with E-state index >= 15 is 0 Å². The van der Waals surface area contributed by atoms with Crippen LogP contribution in [-0.4, -0.2) is 64.7 Å². The number of aromatic hydroxyl groups is 2. The molecule has 0 radical (unpaired) electrons. The van der Waals surface area contributed by atoms with Gasteiger partial charge in [-0.25, -0.2) is 4.98 Å². The van der Waals surface area contributed by atoms with Crippen molar-refractivity contribution in [2.45, 2.75) is 36.6 Å². The van der Waals surface area contributed by atoms with Crippen molar-refractivity contribution >= 4 is 28.6 Å². The van der Waals surface area contributed by atoms with E-state index in [0.717, 1.165) is 11.1 Å². The Kier molecular flexibility index (Phi) is 6.20. The van der Waals surface area contributed by atoms with E-state index in [0.29, 0.717) is 29.9 Å². The van der Waals surface area contributed by atoms with Crippen molar-refractivity contribution in [1.82, 2.24) is 19.5 Å². The number of nitrogens with zero attached hydrogens (tertiary/aromatic N) is 4. The van der Waals surface area contributed by atoms with Gasteiger partial charge in [-0.05, 0) is 53.4 Å². The van der Waals surface area contributed by atoms with Crippen LogP contribution in [0, 0.1) is 0 Å². The molecule has 1 aliphatic rings. The highest BCUT2D eigenvalue weighted by molar-refractivity contribution is 6.28. The number of aliphatic hydroxyl groups excluding tert-OH is 2. The minimum Gasteiger partial charge on any atom is -0.508 e. The molecule has 4 atom stereocenters. The van der Waals surface area contributed by atoms with E-state index < -0.39 is 24.3 Å². The molecular weight excluding hydrogens is 472 g/mol. The van der Waals surface area contributed by atoms with Gasteiger partial charge in [0.05, 0.1) is 18.5 Å². The number of phenols is 2. The molecule has 1 fully saturated rings. The summed E-state index contributed by atoms with van der Waals surface area (Å²) in [5.74, 6) is 0.602. The van der Waals surface area contributed by atoms with Gasteiger partial charge in [-0.15, -0.1) is 0 Å². The number of nitrogens with two attached hydrogens (primary N) is 1. The number of fused-ring (bicyclic) bond motifs is 1. The molecule has 0 saturated heterocycles. The predicted octanol–water partition coefficient (Wildman–Crippen LogP) is 2.13. The Labute approximate surface area is 205 Å². The zero-order chi connectivity index (χ0) is 24.7. The van der Waals surface area contributed by atoms with Crippen LogP contribution in [0.15, 0.2) is 54.9 Å². The molecule has 4 aromatic rings. The van der Waals surface area contributed by atoms with Gasteiger partial charge < -0.3 is 36.0 Å². The first-order valence-corrected chi connectivity index (χ1v) is 11.5. The van der Waals surface area contributed by atoms with Crippen molar-refractivity contribution in [3.63, 3.8) is 0 Å². The van der Waals surface area contributed by atoms with Crippen LogP contribution in [0.25, 0.3) is 11.2 Å². The Balaban J connectivity index is 1.47. The predicted molar refractivity (Wildman–Crippen MR) is 131 cm³/mol. The molecule has 2 aromatic heterocycles. The van der Waals surface area contributed by atoms with E-state index in [4.69, 9.17) is 17.3 Å². The summed E-state index contributed by atoms with van der Waals surface area (Å²) in [6.07, 6.45) is -0.191. The second-order valence-electron chi connectivity index (χ2n) is 8.73. The lowest BCUT2D eigenvalue weighted by Gasteiger charge is -2.20. The summed E-state index contributed by atoms with van der Waals surface area (Å²) in [6.45, 7) is 0.403. The fourth-order valence-corrected chi connectivity index (χ4v) is 4.78. The number of halogens is 1. The fourth-order valence-electron chi connectivity index (χ4n) is 4.61. The number of hydrogen-bond acceptors (Lipinski definition) is 9. The first-order valence-electron chi connectivity index (χ1n) is 11.2. The third-order valence-electron chi connectivity index (χ3n) is 6.51. The van der Waals surface area contributed by atoms with Gasteiger partial charge in [0, 0.05) is 18.5 Å². The van der Waals surface area contributed by atoms with E-state index in [-0.39, 0.29) is 22.7 Å². The third kappa shape index (κ3) is 4.48. The van der Waals surface area contributed by atoms with Crippen LogP contribution < -0.4 is 11.1 Å².